The van der Waals surface area contributed by atoms with Crippen LogP contribution in [0.25, 0.3) is 0 Å². The van der Waals surface area contributed by atoms with Crippen molar-refractivity contribution < 1.29 is 0 Å². The van der Waals surface area contributed by atoms with Crippen LogP contribution in [0.5, 0.6) is 0 Å². The SMILES string of the molecule is BC1CC=C(C2=C(C3CCC3)C(C(C)C)CS2)CC1. The van der Waals surface area contributed by atoms with Gasteiger partial charge >= 0.3 is 0 Å². The number of hydrogen-bond donors (Lipinski definition) is 0. The summed E-state index contributed by atoms with van der Waals surface area (Å²) in [6.07, 6.45) is 11.0. The van der Waals surface area contributed by atoms with Gasteiger partial charge in [0, 0.05) is 10.7 Å². The lowest BCUT2D eigenvalue weighted by molar-refractivity contribution is 0.320. The van der Waals surface area contributed by atoms with E-state index in [1.807, 2.05) is 5.57 Å². The summed E-state index contributed by atoms with van der Waals surface area (Å²) in [6.45, 7) is 4.84. The van der Waals surface area contributed by atoms with Gasteiger partial charge in [0.15, 0.2) is 0 Å². The van der Waals surface area contributed by atoms with Crippen LogP contribution >= 0.6 is 11.8 Å². The number of rotatable bonds is 3. The molecule has 2 aliphatic carbocycles. The first-order valence-electron chi connectivity index (χ1n) is 8.23. The highest BCUT2D eigenvalue weighted by Gasteiger charge is 2.37. The summed E-state index contributed by atoms with van der Waals surface area (Å²) in [7, 11) is 2.40. The fraction of sp³-hybridized carbons (Fsp3) is 0.765. The lowest BCUT2D eigenvalue weighted by Crippen LogP contribution is -2.22. The predicted molar refractivity (Wildman–Crippen MR) is 89.4 cm³/mol. The number of hydrogen-bond acceptors (Lipinski definition) is 1. The quantitative estimate of drug-likeness (QED) is 0.678. The second-order valence-electron chi connectivity index (χ2n) is 7.18. The first kappa shape index (κ1) is 13.9. The van der Waals surface area contributed by atoms with Gasteiger partial charge in [-0.3, -0.25) is 0 Å². The molecule has 2 heteroatoms. The van der Waals surface area contributed by atoms with Crippen molar-refractivity contribution in [3.05, 3.63) is 22.1 Å². The predicted octanol–water partition coefficient (Wildman–Crippen LogP) is 4.59. The summed E-state index contributed by atoms with van der Waals surface area (Å²) in [4.78, 5) is 1.75. The molecule has 0 amide bonds. The standard InChI is InChI=1S/C17H27BS/c1-11(2)15-10-19-17(16(15)12-4-3-5-12)13-6-8-14(18)9-7-13/h6,11-12,14-15H,3-5,7-10,18H2,1-2H3. The minimum absolute atomic E-state index is 0.823. The minimum Gasteiger partial charge on any atom is -0.125 e. The van der Waals surface area contributed by atoms with Crippen LogP contribution < -0.4 is 0 Å². The Morgan fingerprint density at radius 2 is 2.05 bits per heavy atom. The molecule has 1 aliphatic heterocycles. The molecule has 3 aliphatic rings. The van der Waals surface area contributed by atoms with Crippen LogP contribution in [0.4, 0.5) is 0 Å². The van der Waals surface area contributed by atoms with E-state index in [9.17, 15) is 0 Å². The van der Waals surface area contributed by atoms with E-state index in [-0.39, 0.29) is 0 Å². The molecular weight excluding hydrogens is 247 g/mol. The Hall–Kier alpha value is -0.105. The smallest absolute Gasteiger partial charge is 0.105 e. The molecule has 2 atom stereocenters. The summed E-state index contributed by atoms with van der Waals surface area (Å²) >= 11 is 2.18. The molecule has 0 aromatic carbocycles. The molecule has 1 heterocycles. The zero-order chi connectivity index (χ0) is 13.4. The normalized spacial score (nSPS) is 32.7. The molecule has 0 saturated heterocycles. The van der Waals surface area contributed by atoms with Crippen molar-refractivity contribution in [3.63, 3.8) is 0 Å². The van der Waals surface area contributed by atoms with E-state index in [1.165, 1.54) is 44.3 Å². The second kappa shape index (κ2) is 5.72. The Labute approximate surface area is 123 Å². The van der Waals surface area contributed by atoms with Crippen molar-refractivity contribution in [1.82, 2.24) is 0 Å². The van der Waals surface area contributed by atoms with Crippen molar-refractivity contribution in [2.75, 3.05) is 5.75 Å². The summed E-state index contributed by atoms with van der Waals surface area (Å²) in [5.74, 6) is 4.89. The van der Waals surface area contributed by atoms with Gasteiger partial charge in [0.05, 0.1) is 0 Å². The Morgan fingerprint density at radius 1 is 1.26 bits per heavy atom. The molecule has 3 rings (SSSR count). The van der Waals surface area contributed by atoms with E-state index in [4.69, 9.17) is 0 Å². The Kier molecular flexibility index (Phi) is 4.17. The lowest BCUT2D eigenvalue weighted by Gasteiger charge is -2.33. The largest absolute Gasteiger partial charge is 0.125 e. The van der Waals surface area contributed by atoms with Gasteiger partial charge in [-0.2, -0.15) is 0 Å². The zero-order valence-corrected chi connectivity index (χ0v) is 13.6. The highest BCUT2D eigenvalue weighted by molar-refractivity contribution is 8.03. The first-order valence-corrected chi connectivity index (χ1v) is 9.21. The second-order valence-corrected chi connectivity index (χ2v) is 8.21. The molecule has 0 aromatic heterocycles. The van der Waals surface area contributed by atoms with Crippen molar-refractivity contribution >= 4 is 19.6 Å². The fourth-order valence-corrected chi connectivity index (χ4v) is 5.49. The molecular formula is C17H27BS. The van der Waals surface area contributed by atoms with Gasteiger partial charge in [-0.15, -0.1) is 11.8 Å². The third-order valence-corrected chi connectivity index (χ3v) is 6.70. The Bertz CT molecular complexity index is 403. The topological polar surface area (TPSA) is 0 Å². The van der Waals surface area contributed by atoms with Crippen LogP contribution in [-0.2, 0) is 0 Å². The molecule has 0 N–H and O–H groups in total. The van der Waals surface area contributed by atoms with Crippen molar-refractivity contribution in [1.29, 1.82) is 0 Å². The third-order valence-electron chi connectivity index (χ3n) is 5.38. The third kappa shape index (κ3) is 2.70. The van der Waals surface area contributed by atoms with E-state index in [1.54, 1.807) is 10.5 Å². The van der Waals surface area contributed by atoms with E-state index in [0.29, 0.717) is 0 Å². The van der Waals surface area contributed by atoms with Crippen molar-refractivity contribution in [2.45, 2.75) is 58.2 Å². The van der Waals surface area contributed by atoms with Crippen molar-refractivity contribution in [3.8, 4) is 0 Å². The summed E-state index contributed by atoms with van der Waals surface area (Å²) in [5, 5.41) is 0. The monoisotopic (exact) mass is 274 g/mol. The number of thioether (sulfide) groups is 1. The molecule has 104 valence electrons. The van der Waals surface area contributed by atoms with Crippen LogP contribution in [-0.4, -0.2) is 13.6 Å². The maximum atomic E-state index is 2.57. The molecule has 1 fully saturated rings. The van der Waals surface area contributed by atoms with Gasteiger partial charge in [-0.1, -0.05) is 38.6 Å². The van der Waals surface area contributed by atoms with Gasteiger partial charge in [0.25, 0.3) is 0 Å². The summed E-state index contributed by atoms with van der Waals surface area (Å²) in [5.41, 5.74) is 3.60. The van der Waals surface area contributed by atoms with Gasteiger partial charge in [0.1, 0.15) is 7.85 Å². The molecule has 0 nitrogen and oxygen atoms in total. The van der Waals surface area contributed by atoms with Crippen LogP contribution in [0.2, 0.25) is 5.82 Å². The number of allylic oxidation sites excluding steroid dienone is 3. The summed E-state index contributed by atoms with van der Waals surface area (Å²) in [6, 6.07) is 0. The first-order chi connectivity index (χ1) is 9.16. The minimum atomic E-state index is 0.823. The molecule has 0 bridgehead atoms. The molecule has 19 heavy (non-hydrogen) atoms. The van der Waals surface area contributed by atoms with Crippen LogP contribution in [0, 0.1) is 17.8 Å². The Balaban J connectivity index is 1.89. The molecule has 0 spiro atoms. The van der Waals surface area contributed by atoms with Crippen LogP contribution in [0.1, 0.15) is 52.4 Å². The van der Waals surface area contributed by atoms with Gasteiger partial charge in [-0.05, 0) is 54.6 Å². The molecule has 1 saturated carbocycles. The van der Waals surface area contributed by atoms with Gasteiger partial charge in [0.2, 0.25) is 0 Å². The van der Waals surface area contributed by atoms with Gasteiger partial charge < -0.3 is 0 Å². The van der Waals surface area contributed by atoms with Gasteiger partial charge in [-0.25, -0.2) is 0 Å². The zero-order valence-electron chi connectivity index (χ0n) is 12.7. The van der Waals surface area contributed by atoms with E-state index >= 15 is 0 Å². The van der Waals surface area contributed by atoms with Crippen molar-refractivity contribution in [2.24, 2.45) is 17.8 Å². The average molecular weight is 274 g/mol. The fourth-order valence-electron chi connectivity index (χ4n) is 3.72. The summed E-state index contributed by atoms with van der Waals surface area (Å²) < 4.78 is 0. The molecule has 2 unspecified atom stereocenters. The maximum Gasteiger partial charge on any atom is 0.105 e. The lowest BCUT2D eigenvalue weighted by atomic mass is 9.71. The molecule has 0 aromatic rings. The maximum absolute atomic E-state index is 2.57. The Morgan fingerprint density at radius 3 is 2.58 bits per heavy atom. The van der Waals surface area contributed by atoms with E-state index < -0.39 is 0 Å². The van der Waals surface area contributed by atoms with Crippen LogP contribution in [0.3, 0.4) is 0 Å². The van der Waals surface area contributed by atoms with E-state index in [0.717, 1.165) is 23.6 Å². The highest BCUT2D eigenvalue weighted by atomic mass is 32.2. The average Bonchev–Trinajstić information content (AvgIpc) is 2.72. The van der Waals surface area contributed by atoms with E-state index in [2.05, 4.69) is 39.5 Å². The van der Waals surface area contributed by atoms with Crippen LogP contribution in [0.15, 0.2) is 22.1 Å². The highest BCUT2D eigenvalue weighted by Crippen LogP contribution is 2.52. The molecule has 0 radical (unpaired) electrons.